The van der Waals surface area contributed by atoms with Gasteiger partial charge in [-0.3, -0.25) is 4.79 Å². The fourth-order valence-electron chi connectivity index (χ4n) is 2.00. The van der Waals surface area contributed by atoms with Crippen LogP contribution in [0.25, 0.3) is 22.2 Å². The van der Waals surface area contributed by atoms with Crippen LogP contribution in [0, 0.1) is 0 Å². The molecule has 3 nitrogen and oxygen atoms in total. The van der Waals surface area contributed by atoms with Gasteiger partial charge in [0.15, 0.2) is 0 Å². The first kappa shape index (κ1) is 12.1. The van der Waals surface area contributed by atoms with Crippen LogP contribution in [0.4, 0.5) is 0 Å². The zero-order chi connectivity index (χ0) is 13.2. The van der Waals surface area contributed by atoms with E-state index in [-0.39, 0.29) is 5.56 Å². The van der Waals surface area contributed by atoms with Gasteiger partial charge in [-0.25, -0.2) is 4.98 Å². The largest absolute Gasteiger partial charge is 0.306 e. The van der Waals surface area contributed by atoms with Crippen LogP contribution in [0.3, 0.4) is 0 Å². The van der Waals surface area contributed by atoms with E-state index in [0.29, 0.717) is 16.7 Å². The van der Waals surface area contributed by atoms with Gasteiger partial charge in [0.25, 0.3) is 5.56 Å². The smallest absolute Gasteiger partial charge is 0.255 e. The summed E-state index contributed by atoms with van der Waals surface area (Å²) in [5, 5.41) is 2.81. The van der Waals surface area contributed by atoms with Crippen molar-refractivity contribution in [3.05, 3.63) is 64.6 Å². The summed E-state index contributed by atoms with van der Waals surface area (Å²) in [5.41, 5.74) is 1.44. The minimum absolute atomic E-state index is 0.102. The monoisotopic (exact) mass is 314 g/mol. The summed E-state index contributed by atoms with van der Waals surface area (Å²) in [6.45, 7) is 0. The van der Waals surface area contributed by atoms with Gasteiger partial charge in [0.05, 0.1) is 0 Å². The summed E-state index contributed by atoms with van der Waals surface area (Å²) in [6.07, 6.45) is 1.61. The average molecular weight is 315 g/mol. The molecule has 0 aliphatic carbocycles. The van der Waals surface area contributed by atoms with E-state index in [1.54, 1.807) is 6.20 Å². The summed E-state index contributed by atoms with van der Waals surface area (Å²) in [4.78, 5) is 18.9. The van der Waals surface area contributed by atoms with Crippen molar-refractivity contribution < 1.29 is 0 Å². The molecule has 0 spiro atoms. The number of alkyl halides is 1. The Bertz CT molecular complexity index is 795. The number of rotatable bonds is 2. The Labute approximate surface area is 118 Å². The molecule has 2 aromatic carbocycles. The molecule has 0 aliphatic rings. The number of nitrogens with zero attached hydrogens (tertiary/aromatic N) is 1. The van der Waals surface area contributed by atoms with Gasteiger partial charge in [-0.2, -0.15) is 0 Å². The Morgan fingerprint density at radius 3 is 2.63 bits per heavy atom. The summed E-state index contributed by atoms with van der Waals surface area (Å²) in [5.74, 6) is 0.598. The molecule has 0 amide bonds. The minimum atomic E-state index is -0.102. The lowest BCUT2D eigenvalue weighted by atomic mass is 10.1. The molecule has 0 fully saturated rings. The molecule has 94 valence electrons. The van der Waals surface area contributed by atoms with Gasteiger partial charge >= 0.3 is 0 Å². The highest BCUT2D eigenvalue weighted by atomic mass is 79.9. The lowest BCUT2D eigenvalue weighted by molar-refractivity contribution is 1.08. The highest BCUT2D eigenvalue weighted by Gasteiger charge is 2.04. The van der Waals surface area contributed by atoms with Crippen LogP contribution in [0.15, 0.2) is 53.5 Å². The number of H-pyrrole nitrogens is 1. The second kappa shape index (κ2) is 4.97. The van der Waals surface area contributed by atoms with E-state index in [4.69, 9.17) is 0 Å². The lowest BCUT2D eigenvalue weighted by Crippen LogP contribution is -2.13. The average Bonchev–Trinajstić information content (AvgIpc) is 2.46. The van der Waals surface area contributed by atoms with Crippen LogP contribution < -0.4 is 5.56 Å². The topological polar surface area (TPSA) is 45.8 Å². The van der Waals surface area contributed by atoms with Gasteiger partial charge in [0.2, 0.25) is 0 Å². The molecule has 19 heavy (non-hydrogen) atoms. The van der Waals surface area contributed by atoms with Gasteiger partial charge in [0, 0.05) is 22.7 Å². The van der Waals surface area contributed by atoms with E-state index >= 15 is 0 Å². The maximum atomic E-state index is 11.8. The second-order valence-electron chi connectivity index (χ2n) is 4.28. The van der Waals surface area contributed by atoms with Crippen molar-refractivity contribution in [2.75, 3.05) is 0 Å². The number of nitrogens with one attached hydrogen (secondary N) is 1. The number of fused-ring (bicyclic) bond motifs is 1. The number of aromatic amines is 1. The highest BCUT2D eigenvalue weighted by molar-refractivity contribution is 9.08. The first-order valence-electron chi connectivity index (χ1n) is 5.91. The predicted octanol–water partition coefficient (Wildman–Crippen LogP) is 3.49. The molecule has 4 heteroatoms. The van der Waals surface area contributed by atoms with Gasteiger partial charge in [0.1, 0.15) is 5.82 Å². The van der Waals surface area contributed by atoms with Crippen molar-refractivity contribution in [3.8, 4) is 11.4 Å². The maximum Gasteiger partial charge on any atom is 0.255 e. The van der Waals surface area contributed by atoms with Crippen LogP contribution in [0.5, 0.6) is 0 Å². The van der Waals surface area contributed by atoms with Crippen molar-refractivity contribution in [2.45, 2.75) is 5.33 Å². The quantitative estimate of drug-likeness (QED) is 0.736. The normalized spacial score (nSPS) is 10.8. The van der Waals surface area contributed by atoms with Crippen LogP contribution in [-0.2, 0) is 5.33 Å². The summed E-state index contributed by atoms with van der Waals surface area (Å²) in [6, 6.07) is 14.1. The third kappa shape index (κ3) is 2.31. The standard InChI is InChI=1S/C15H11BrN2O/c16-8-13-9-17-14(18-15(13)19)12-6-5-10-3-1-2-4-11(10)7-12/h1-7,9H,8H2,(H,17,18,19). The second-order valence-corrected chi connectivity index (χ2v) is 4.84. The third-order valence-electron chi connectivity index (χ3n) is 3.04. The molecule has 1 aromatic heterocycles. The van der Waals surface area contributed by atoms with Crippen LogP contribution in [0.2, 0.25) is 0 Å². The fraction of sp³-hybridized carbons (Fsp3) is 0.0667. The van der Waals surface area contributed by atoms with Crippen molar-refractivity contribution in [1.82, 2.24) is 9.97 Å². The van der Waals surface area contributed by atoms with Gasteiger partial charge in [-0.05, 0) is 16.8 Å². The van der Waals surface area contributed by atoms with E-state index in [1.807, 2.05) is 36.4 Å². The van der Waals surface area contributed by atoms with Crippen molar-refractivity contribution in [3.63, 3.8) is 0 Å². The SMILES string of the molecule is O=c1[nH]c(-c2ccc3ccccc3c2)ncc1CBr. The molecule has 0 bridgehead atoms. The van der Waals surface area contributed by atoms with E-state index in [0.717, 1.165) is 10.9 Å². The van der Waals surface area contributed by atoms with Crippen LogP contribution >= 0.6 is 15.9 Å². The molecule has 3 rings (SSSR count). The first-order valence-corrected chi connectivity index (χ1v) is 7.03. The lowest BCUT2D eigenvalue weighted by Gasteiger charge is -2.04. The number of hydrogen-bond acceptors (Lipinski definition) is 2. The summed E-state index contributed by atoms with van der Waals surface area (Å²) >= 11 is 3.26. The van der Waals surface area contributed by atoms with Gasteiger partial charge < -0.3 is 4.98 Å². The van der Waals surface area contributed by atoms with Gasteiger partial charge in [-0.1, -0.05) is 52.3 Å². The summed E-state index contributed by atoms with van der Waals surface area (Å²) < 4.78 is 0. The first-order chi connectivity index (χ1) is 9.28. The number of halogens is 1. The van der Waals surface area contributed by atoms with Crippen molar-refractivity contribution >= 4 is 26.7 Å². The zero-order valence-electron chi connectivity index (χ0n) is 10.1. The molecular weight excluding hydrogens is 304 g/mol. The Morgan fingerprint density at radius 2 is 1.89 bits per heavy atom. The molecule has 1 heterocycles. The molecule has 0 aliphatic heterocycles. The Balaban J connectivity index is 2.13. The molecule has 0 saturated heterocycles. The van der Waals surface area contributed by atoms with Crippen LogP contribution in [0.1, 0.15) is 5.56 Å². The Hall–Kier alpha value is -1.94. The van der Waals surface area contributed by atoms with Crippen molar-refractivity contribution in [2.24, 2.45) is 0 Å². The Morgan fingerprint density at radius 1 is 1.11 bits per heavy atom. The maximum absolute atomic E-state index is 11.8. The molecule has 0 atom stereocenters. The molecular formula is C15H11BrN2O. The number of benzene rings is 2. The fourth-order valence-corrected chi connectivity index (χ4v) is 2.40. The minimum Gasteiger partial charge on any atom is -0.306 e. The number of aromatic nitrogens is 2. The predicted molar refractivity (Wildman–Crippen MR) is 80.4 cm³/mol. The van der Waals surface area contributed by atoms with E-state index in [1.165, 1.54) is 5.39 Å². The van der Waals surface area contributed by atoms with Crippen LogP contribution in [-0.4, -0.2) is 9.97 Å². The highest BCUT2D eigenvalue weighted by Crippen LogP contribution is 2.21. The van der Waals surface area contributed by atoms with E-state index < -0.39 is 0 Å². The van der Waals surface area contributed by atoms with Crippen molar-refractivity contribution in [1.29, 1.82) is 0 Å². The zero-order valence-corrected chi connectivity index (χ0v) is 11.6. The van der Waals surface area contributed by atoms with E-state index in [9.17, 15) is 4.79 Å². The third-order valence-corrected chi connectivity index (χ3v) is 3.64. The molecule has 0 saturated carbocycles. The number of hydrogen-bond donors (Lipinski definition) is 1. The molecule has 3 aromatic rings. The van der Waals surface area contributed by atoms with E-state index in [2.05, 4.69) is 32.0 Å². The Kier molecular flexibility index (Phi) is 3.17. The molecule has 0 radical (unpaired) electrons. The summed E-state index contributed by atoms with van der Waals surface area (Å²) in [7, 11) is 0. The molecule has 1 N–H and O–H groups in total. The van der Waals surface area contributed by atoms with Gasteiger partial charge in [-0.15, -0.1) is 0 Å². The molecule has 0 unspecified atom stereocenters.